The van der Waals surface area contributed by atoms with Crippen molar-refractivity contribution in [3.05, 3.63) is 93.4 Å². The Balaban J connectivity index is 1.51. The van der Waals surface area contributed by atoms with Crippen LogP contribution >= 0.6 is 23.4 Å². The Kier molecular flexibility index (Phi) is 6.96. The van der Waals surface area contributed by atoms with E-state index in [1.807, 2.05) is 0 Å². The van der Waals surface area contributed by atoms with Crippen molar-refractivity contribution < 1.29 is 23.0 Å². The van der Waals surface area contributed by atoms with Crippen LogP contribution in [-0.2, 0) is 11.4 Å². The SMILES string of the molecule is COc1cc(/C=C2\SC(=Nc3ccccc3F)NC2=O)ccc1OCc1c(F)cccc1Cl. The molecule has 0 bridgehead atoms. The van der Waals surface area contributed by atoms with Gasteiger partial charge in [0.05, 0.1) is 17.0 Å². The molecular weight excluding hydrogens is 470 g/mol. The molecule has 0 saturated carbocycles. The zero-order valence-corrected chi connectivity index (χ0v) is 18.8. The molecule has 1 aliphatic heterocycles. The molecule has 33 heavy (non-hydrogen) atoms. The van der Waals surface area contributed by atoms with E-state index in [2.05, 4.69) is 10.3 Å². The van der Waals surface area contributed by atoms with Crippen LogP contribution in [0.2, 0.25) is 5.02 Å². The van der Waals surface area contributed by atoms with E-state index in [1.165, 1.54) is 31.4 Å². The highest BCUT2D eigenvalue weighted by atomic mass is 35.5. The number of carbonyl (C=O) groups is 1. The normalized spacial score (nSPS) is 15.7. The van der Waals surface area contributed by atoms with Gasteiger partial charge in [-0.15, -0.1) is 0 Å². The minimum absolute atomic E-state index is 0.0730. The van der Waals surface area contributed by atoms with Gasteiger partial charge in [0.25, 0.3) is 5.91 Å². The predicted molar refractivity (Wildman–Crippen MR) is 126 cm³/mol. The summed E-state index contributed by atoms with van der Waals surface area (Å²) < 4.78 is 38.9. The number of methoxy groups -OCH3 is 1. The van der Waals surface area contributed by atoms with E-state index in [0.717, 1.165) is 11.8 Å². The number of carbonyl (C=O) groups excluding carboxylic acids is 1. The second-order valence-electron chi connectivity index (χ2n) is 6.83. The van der Waals surface area contributed by atoms with E-state index in [1.54, 1.807) is 42.5 Å². The molecule has 0 spiro atoms. The average Bonchev–Trinajstić information content (AvgIpc) is 3.14. The van der Waals surface area contributed by atoms with Crippen LogP contribution in [-0.4, -0.2) is 18.2 Å². The van der Waals surface area contributed by atoms with Crippen molar-refractivity contribution in [1.82, 2.24) is 5.32 Å². The van der Waals surface area contributed by atoms with E-state index in [-0.39, 0.29) is 34.0 Å². The third kappa shape index (κ3) is 5.35. The highest BCUT2D eigenvalue weighted by molar-refractivity contribution is 8.18. The zero-order valence-electron chi connectivity index (χ0n) is 17.3. The number of benzene rings is 3. The minimum atomic E-state index is -0.478. The topological polar surface area (TPSA) is 59.9 Å². The van der Waals surface area contributed by atoms with Crippen LogP contribution in [0.5, 0.6) is 11.5 Å². The lowest BCUT2D eigenvalue weighted by molar-refractivity contribution is -0.115. The molecule has 1 N–H and O–H groups in total. The van der Waals surface area contributed by atoms with Crippen LogP contribution < -0.4 is 14.8 Å². The van der Waals surface area contributed by atoms with Crippen molar-refractivity contribution in [2.75, 3.05) is 7.11 Å². The Hall–Kier alpha value is -3.36. The molecule has 1 saturated heterocycles. The fourth-order valence-corrected chi connectivity index (χ4v) is 4.05. The number of amides is 1. The van der Waals surface area contributed by atoms with Crippen LogP contribution in [0.4, 0.5) is 14.5 Å². The molecule has 4 rings (SSSR count). The summed E-state index contributed by atoms with van der Waals surface area (Å²) in [7, 11) is 1.48. The molecular formula is C24H17ClF2N2O3S. The number of rotatable bonds is 6. The largest absolute Gasteiger partial charge is 0.493 e. The smallest absolute Gasteiger partial charge is 0.264 e. The molecule has 5 nitrogen and oxygen atoms in total. The Labute approximate surface area is 198 Å². The lowest BCUT2D eigenvalue weighted by Gasteiger charge is -2.12. The fraction of sp³-hybridized carbons (Fsp3) is 0.0833. The molecule has 9 heteroatoms. The van der Waals surface area contributed by atoms with Gasteiger partial charge < -0.3 is 14.8 Å². The Morgan fingerprint density at radius 1 is 1.06 bits per heavy atom. The number of aliphatic imine (C=N–C) groups is 1. The number of halogens is 3. The molecule has 0 atom stereocenters. The van der Waals surface area contributed by atoms with Gasteiger partial charge in [-0.05, 0) is 59.8 Å². The van der Waals surface area contributed by atoms with E-state index in [0.29, 0.717) is 22.0 Å². The number of hydrogen-bond acceptors (Lipinski definition) is 5. The van der Waals surface area contributed by atoms with E-state index in [4.69, 9.17) is 21.1 Å². The van der Waals surface area contributed by atoms with Crippen molar-refractivity contribution in [3.8, 4) is 11.5 Å². The second-order valence-corrected chi connectivity index (χ2v) is 8.27. The number of hydrogen-bond donors (Lipinski definition) is 1. The minimum Gasteiger partial charge on any atom is -0.493 e. The van der Waals surface area contributed by atoms with Gasteiger partial charge in [0.2, 0.25) is 0 Å². The highest BCUT2D eigenvalue weighted by Crippen LogP contribution is 2.33. The van der Waals surface area contributed by atoms with Crippen LogP contribution in [0.3, 0.4) is 0 Å². The summed E-state index contributed by atoms with van der Waals surface area (Å²) in [6.45, 7) is -0.0730. The van der Waals surface area contributed by atoms with Gasteiger partial charge in [-0.3, -0.25) is 4.79 Å². The predicted octanol–water partition coefficient (Wildman–Crippen LogP) is 6.10. The summed E-state index contributed by atoms with van der Waals surface area (Å²) in [5.41, 5.74) is 1.06. The molecule has 1 amide bonds. The first-order valence-corrected chi connectivity index (χ1v) is 10.9. The van der Waals surface area contributed by atoms with Crippen LogP contribution in [0.1, 0.15) is 11.1 Å². The summed E-state index contributed by atoms with van der Waals surface area (Å²) in [6.07, 6.45) is 1.66. The molecule has 0 aliphatic carbocycles. The van der Waals surface area contributed by atoms with Crippen molar-refractivity contribution in [2.24, 2.45) is 4.99 Å². The lowest BCUT2D eigenvalue weighted by Crippen LogP contribution is -2.19. The quantitative estimate of drug-likeness (QED) is 0.428. The van der Waals surface area contributed by atoms with Gasteiger partial charge in [-0.2, -0.15) is 0 Å². The first-order valence-electron chi connectivity index (χ1n) is 9.72. The maximum atomic E-state index is 14.0. The molecule has 1 heterocycles. The highest BCUT2D eigenvalue weighted by Gasteiger charge is 2.24. The average molecular weight is 487 g/mol. The molecule has 168 valence electrons. The van der Waals surface area contributed by atoms with Crippen molar-refractivity contribution in [3.63, 3.8) is 0 Å². The third-order valence-electron chi connectivity index (χ3n) is 4.64. The third-order valence-corrected chi connectivity index (χ3v) is 5.91. The number of thioether (sulfide) groups is 1. The zero-order chi connectivity index (χ0) is 23.4. The van der Waals surface area contributed by atoms with E-state index >= 15 is 0 Å². The molecule has 0 radical (unpaired) electrons. The molecule has 3 aromatic carbocycles. The van der Waals surface area contributed by atoms with Gasteiger partial charge in [-0.1, -0.05) is 35.9 Å². The van der Waals surface area contributed by atoms with Crippen LogP contribution in [0, 0.1) is 11.6 Å². The monoisotopic (exact) mass is 486 g/mol. The Morgan fingerprint density at radius 3 is 2.61 bits per heavy atom. The maximum absolute atomic E-state index is 14.0. The number of nitrogens with one attached hydrogen (secondary N) is 1. The lowest BCUT2D eigenvalue weighted by atomic mass is 10.2. The van der Waals surface area contributed by atoms with Crippen LogP contribution in [0.15, 0.2) is 70.6 Å². The summed E-state index contributed by atoms with van der Waals surface area (Å²) in [4.78, 5) is 16.9. The first kappa shape index (κ1) is 22.8. The number of amidine groups is 1. The molecule has 0 aromatic heterocycles. The Bertz CT molecular complexity index is 1260. The van der Waals surface area contributed by atoms with Crippen molar-refractivity contribution in [1.29, 1.82) is 0 Å². The maximum Gasteiger partial charge on any atom is 0.264 e. The van der Waals surface area contributed by atoms with Gasteiger partial charge in [0, 0.05) is 5.56 Å². The molecule has 1 fully saturated rings. The number of para-hydroxylation sites is 1. The van der Waals surface area contributed by atoms with Crippen molar-refractivity contribution >= 4 is 46.2 Å². The van der Waals surface area contributed by atoms with E-state index < -0.39 is 11.6 Å². The van der Waals surface area contributed by atoms with Crippen molar-refractivity contribution in [2.45, 2.75) is 6.61 Å². The molecule has 1 aliphatic rings. The van der Waals surface area contributed by atoms with Gasteiger partial charge in [-0.25, -0.2) is 13.8 Å². The van der Waals surface area contributed by atoms with Gasteiger partial charge in [0.15, 0.2) is 16.7 Å². The standard InChI is InChI=1S/C24H17ClF2N2O3S/c1-31-21-11-14(9-10-20(21)32-13-15-16(25)5-4-7-17(15)26)12-22-23(30)29-24(33-22)28-19-8-3-2-6-18(19)27/h2-12H,13H2,1H3,(H,28,29,30)/b22-12-. The number of ether oxygens (including phenoxy) is 2. The summed E-state index contributed by atoms with van der Waals surface area (Å²) >= 11 is 7.15. The first-order chi connectivity index (χ1) is 15.9. The summed E-state index contributed by atoms with van der Waals surface area (Å²) in [6, 6.07) is 15.5. The summed E-state index contributed by atoms with van der Waals surface area (Å²) in [5, 5.41) is 3.18. The Morgan fingerprint density at radius 2 is 1.85 bits per heavy atom. The molecule has 3 aromatic rings. The van der Waals surface area contributed by atoms with E-state index in [9.17, 15) is 13.6 Å². The fourth-order valence-electron chi connectivity index (χ4n) is 3.00. The van der Waals surface area contributed by atoms with Crippen LogP contribution in [0.25, 0.3) is 6.08 Å². The van der Waals surface area contributed by atoms with Gasteiger partial charge in [0.1, 0.15) is 23.9 Å². The van der Waals surface area contributed by atoms with Gasteiger partial charge >= 0.3 is 0 Å². The summed E-state index contributed by atoms with van der Waals surface area (Å²) in [5.74, 6) is -0.484. The second kappa shape index (κ2) is 10.1. The molecule has 0 unspecified atom stereocenters. The number of nitrogens with zero attached hydrogens (tertiary/aromatic N) is 1.